The topological polar surface area (TPSA) is 12.0 Å². The second-order valence-corrected chi connectivity index (χ2v) is 8.68. The normalized spacial score (nSPS) is 27.8. The first-order chi connectivity index (χ1) is 9.46. The largest absolute Gasteiger partial charge is 0.314 e. The van der Waals surface area contributed by atoms with E-state index in [1.54, 1.807) is 0 Å². The van der Waals surface area contributed by atoms with Crippen LogP contribution in [0.4, 0.5) is 0 Å². The second-order valence-electron chi connectivity index (χ2n) is 6.90. The molecule has 0 spiro atoms. The van der Waals surface area contributed by atoms with Gasteiger partial charge in [-0.05, 0) is 65.0 Å². The van der Waals surface area contributed by atoms with E-state index >= 15 is 0 Å². The average molecular weight is 358 g/mol. The Kier molecular flexibility index (Phi) is 5.72. The summed E-state index contributed by atoms with van der Waals surface area (Å²) >= 11 is 5.65. The van der Waals surface area contributed by atoms with E-state index in [4.69, 9.17) is 0 Å². The van der Waals surface area contributed by atoms with Crippen LogP contribution in [0.5, 0.6) is 0 Å². The van der Waals surface area contributed by atoms with Crippen molar-refractivity contribution in [1.82, 2.24) is 5.32 Å². The minimum absolute atomic E-state index is 0.249. The van der Waals surface area contributed by atoms with Crippen LogP contribution in [0.25, 0.3) is 0 Å². The maximum atomic E-state index is 3.83. The summed E-state index contributed by atoms with van der Waals surface area (Å²) < 4.78 is 1.29. The molecule has 1 nitrogen and oxygen atoms in total. The van der Waals surface area contributed by atoms with E-state index in [1.165, 1.54) is 35.0 Å². The van der Waals surface area contributed by atoms with Crippen LogP contribution in [0, 0.1) is 11.8 Å². The molecule has 1 fully saturated rings. The van der Waals surface area contributed by atoms with Crippen molar-refractivity contribution in [2.24, 2.45) is 11.8 Å². The van der Waals surface area contributed by atoms with E-state index in [0.717, 1.165) is 18.4 Å². The third kappa shape index (κ3) is 3.48. The van der Waals surface area contributed by atoms with Crippen LogP contribution in [-0.2, 0) is 5.41 Å². The van der Waals surface area contributed by atoms with Crippen LogP contribution in [0.2, 0.25) is 0 Å². The van der Waals surface area contributed by atoms with E-state index in [-0.39, 0.29) is 5.41 Å². The molecule has 0 aliphatic heterocycles. The van der Waals surface area contributed by atoms with Crippen LogP contribution in [0.3, 0.4) is 0 Å². The number of nitrogens with one attached hydrogen (secondary N) is 1. The average Bonchev–Trinajstić information content (AvgIpc) is 2.83. The second kappa shape index (κ2) is 6.93. The molecule has 3 unspecified atom stereocenters. The molecule has 1 aliphatic rings. The Morgan fingerprint density at radius 2 is 2.15 bits per heavy atom. The Hall–Kier alpha value is 0.140. The molecule has 20 heavy (non-hydrogen) atoms. The summed E-state index contributed by atoms with van der Waals surface area (Å²) in [6.07, 6.45) is 5.28. The van der Waals surface area contributed by atoms with Crippen molar-refractivity contribution in [1.29, 1.82) is 0 Å². The van der Waals surface area contributed by atoms with Crippen LogP contribution >= 0.6 is 27.3 Å². The van der Waals surface area contributed by atoms with E-state index in [1.807, 2.05) is 11.3 Å². The summed E-state index contributed by atoms with van der Waals surface area (Å²) in [7, 11) is 0. The van der Waals surface area contributed by atoms with Crippen molar-refractivity contribution >= 4 is 27.3 Å². The van der Waals surface area contributed by atoms with Crippen molar-refractivity contribution in [3.63, 3.8) is 0 Å². The maximum absolute atomic E-state index is 3.83. The van der Waals surface area contributed by atoms with Crippen LogP contribution in [0.1, 0.15) is 58.3 Å². The van der Waals surface area contributed by atoms with Crippen molar-refractivity contribution in [3.8, 4) is 0 Å². The highest BCUT2D eigenvalue weighted by atomic mass is 79.9. The van der Waals surface area contributed by atoms with Gasteiger partial charge >= 0.3 is 0 Å². The highest BCUT2D eigenvalue weighted by Gasteiger charge is 2.41. The van der Waals surface area contributed by atoms with Crippen LogP contribution in [0.15, 0.2) is 15.9 Å². The van der Waals surface area contributed by atoms with Crippen LogP contribution < -0.4 is 5.32 Å². The molecule has 3 heteroatoms. The van der Waals surface area contributed by atoms with E-state index in [2.05, 4.69) is 60.4 Å². The zero-order valence-electron chi connectivity index (χ0n) is 13.2. The minimum Gasteiger partial charge on any atom is -0.314 e. The number of rotatable bonds is 5. The third-order valence-electron chi connectivity index (χ3n) is 4.90. The van der Waals surface area contributed by atoms with Crippen LogP contribution in [-0.4, -0.2) is 12.6 Å². The molecule has 1 heterocycles. The molecule has 1 aromatic heterocycles. The van der Waals surface area contributed by atoms with Gasteiger partial charge < -0.3 is 5.32 Å². The monoisotopic (exact) mass is 357 g/mol. The van der Waals surface area contributed by atoms with Gasteiger partial charge in [0.15, 0.2) is 0 Å². The lowest BCUT2D eigenvalue weighted by molar-refractivity contribution is 0.147. The van der Waals surface area contributed by atoms with Gasteiger partial charge in [0.2, 0.25) is 0 Å². The maximum Gasteiger partial charge on any atom is 0.0320 e. The van der Waals surface area contributed by atoms with Gasteiger partial charge in [-0.2, -0.15) is 0 Å². The zero-order valence-corrected chi connectivity index (χ0v) is 15.6. The number of halogens is 1. The Balaban J connectivity index is 2.20. The predicted octanol–water partition coefficient (Wildman–Crippen LogP) is 5.59. The summed E-state index contributed by atoms with van der Waals surface area (Å²) in [6, 6.07) is 2.87. The molecule has 0 radical (unpaired) electrons. The van der Waals surface area contributed by atoms with Gasteiger partial charge in [-0.25, -0.2) is 0 Å². The highest BCUT2D eigenvalue weighted by molar-refractivity contribution is 9.10. The first-order valence-electron chi connectivity index (χ1n) is 7.93. The van der Waals surface area contributed by atoms with Gasteiger partial charge in [0.25, 0.3) is 0 Å². The SMILES string of the molecule is CCCNC1CC(C)CCC1C(C)(C)c1sccc1Br. The zero-order chi connectivity index (χ0) is 14.8. The molecule has 114 valence electrons. The number of hydrogen-bond acceptors (Lipinski definition) is 2. The fourth-order valence-electron chi connectivity index (χ4n) is 3.72. The molecule has 0 aromatic carbocycles. The summed E-state index contributed by atoms with van der Waals surface area (Å²) in [6.45, 7) is 10.7. The predicted molar refractivity (Wildman–Crippen MR) is 93.6 cm³/mol. The molecule has 2 rings (SSSR count). The van der Waals surface area contributed by atoms with Gasteiger partial charge in [0.1, 0.15) is 0 Å². The molecule has 1 saturated carbocycles. The third-order valence-corrected chi connectivity index (χ3v) is 7.08. The van der Waals surface area contributed by atoms with Gasteiger partial charge in [-0.3, -0.25) is 0 Å². The molecule has 0 amide bonds. The van der Waals surface area contributed by atoms with Crippen molar-refractivity contribution in [3.05, 3.63) is 20.8 Å². The Morgan fingerprint density at radius 1 is 1.40 bits per heavy atom. The molecule has 1 aliphatic carbocycles. The number of hydrogen-bond donors (Lipinski definition) is 1. The van der Waals surface area contributed by atoms with Gasteiger partial charge in [0, 0.05) is 20.8 Å². The minimum atomic E-state index is 0.249. The lowest BCUT2D eigenvalue weighted by atomic mass is 9.65. The van der Waals surface area contributed by atoms with E-state index in [0.29, 0.717) is 6.04 Å². The number of thiophene rings is 1. The van der Waals surface area contributed by atoms with Crippen molar-refractivity contribution in [2.75, 3.05) is 6.54 Å². The first-order valence-corrected chi connectivity index (χ1v) is 9.61. The fourth-order valence-corrected chi connectivity index (χ4v) is 5.80. The summed E-state index contributed by atoms with van der Waals surface area (Å²) in [5.74, 6) is 1.60. The molecule has 0 bridgehead atoms. The summed E-state index contributed by atoms with van der Waals surface area (Å²) in [5.41, 5.74) is 0.249. The van der Waals surface area contributed by atoms with Gasteiger partial charge in [0.05, 0.1) is 0 Å². The quantitative estimate of drug-likeness (QED) is 0.723. The van der Waals surface area contributed by atoms with E-state index < -0.39 is 0 Å². The Bertz CT molecular complexity index is 426. The Labute approximate surface area is 136 Å². The Morgan fingerprint density at radius 3 is 2.75 bits per heavy atom. The highest BCUT2D eigenvalue weighted by Crippen LogP contribution is 2.46. The summed E-state index contributed by atoms with van der Waals surface area (Å²) in [4.78, 5) is 1.51. The van der Waals surface area contributed by atoms with Crippen molar-refractivity contribution < 1.29 is 0 Å². The van der Waals surface area contributed by atoms with Crippen molar-refractivity contribution in [2.45, 2.75) is 64.8 Å². The van der Waals surface area contributed by atoms with E-state index in [9.17, 15) is 0 Å². The molecular formula is C17H28BrNS. The molecule has 1 aromatic rings. The smallest absolute Gasteiger partial charge is 0.0320 e. The van der Waals surface area contributed by atoms with Gasteiger partial charge in [-0.1, -0.05) is 34.1 Å². The molecular weight excluding hydrogens is 330 g/mol. The standard InChI is InChI=1S/C17H28BrNS/c1-5-9-19-15-11-12(2)6-7-13(15)17(3,4)16-14(18)8-10-20-16/h8,10,12-13,15,19H,5-7,9,11H2,1-4H3. The first kappa shape index (κ1) is 16.5. The lowest BCUT2D eigenvalue weighted by Crippen LogP contribution is -2.48. The van der Waals surface area contributed by atoms with Gasteiger partial charge in [-0.15, -0.1) is 11.3 Å². The molecule has 0 saturated heterocycles. The lowest BCUT2D eigenvalue weighted by Gasteiger charge is -2.44. The fraction of sp³-hybridized carbons (Fsp3) is 0.765. The molecule has 1 N–H and O–H groups in total. The summed E-state index contributed by atoms with van der Waals surface area (Å²) in [5, 5.41) is 6.04. The molecule has 3 atom stereocenters.